The Hall–Kier alpha value is -2.29. The van der Waals surface area contributed by atoms with Crippen molar-refractivity contribution in [2.75, 3.05) is 0 Å². The molecule has 2 rings (SSSR count). The van der Waals surface area contributed by atoms with Gasteiger partial charge in [-0.25, -0.2) is 0 Å². The number of carboxylic acid groups (broad SMARTS) is 1. The van der Waals surface area contributed by atoms with Crippen molar-refractivity contribution in [2.45, 2.75) is 19.8 Å². The molecule has 0 heterocycles. The molecule has 2 aromatic rings. The molecule has 2 aromatic carbocycles. The first kappa shape index (κ1) is 13.1. The van der Waals surface area contributed by atoms with Gasteiger partial charge in [0.15, 0.2) is 0 Å². The fourth-order valence-corrected chi connectivity index (χ4v) is 2.29. The fourth-order valence-electron chi connectivity index (χ4n) is 2.29. The van der Waals surface area contributed by atoms with Gasteiger partial charge in [0.2, 0.25) is 0 Å². The Morgan fingerprint density at radius 3 is 2.37 bits per heavy atom. The molecule has 0 aromatic heterocycles. The van der Waals surface area contributed by atoms with Crippen LogP contribution in [0.4, 0.5) is 0 Å². The van der Waals surface area contributed by atoms with Crippen molar-refractivity contribution in [3.63, 3.8) is 0 Å². The smallest absolute Gasteiger partial charge is 0.307 e. The highest BCUT2D eigenvalue weighted by Gasteiger charge is 2.11. The van der Waals surface area contributed by atoms with E-state index in [0.717, 1.165) is 28.7 Å². The van der Waals surface area contributed by atoms with Gasteiger partial charge in [0.25, 0.3) is 0 Å². The number of rotatable bonds is 4. The molecule has 0 saturated heterocycles. The average Bonchev–Trinajstić information content (AvgIpc) is 2.38. The number of aliphatic carboxylic acids is 1. The van der Waals surface area contributed by atoms with Crippen molar-refractivity contribution >= 4 is 5.97 Å². The van der Waals surface area contributed by atoms with Crippen molar-refractivity contribution in [1.82, 2.24) is 0 Å². The second-order valence-corrected chi connectivity index (χ2v) is 4.41. The molecule has 0 amide bonds. The zero-order valence-corrected chi connectivity index (χ0v) is 10.8. The van der Waals surface area contributed by atoms with E-state index in [9.17, 15) is 9.90 Å². The van der Waals surface area contributed by atoms with Crippen LogP contribution >= 0.6 is 0 Å². The molecule has 0 aliphatic rings. The van der Waals surface area contributed by atoms with E-state index < -0.39 is 5.97 Å². The van der Waals surface area contributed by atoms with Crippen molar-refractivity contribution in [1.29, 1.82) is 0 Å². The highest BCUT2D eigenvalue weighted by Crippen LogP contribution is 2.28. The zero-order chi connectivity index (χ0) is 13.8. The lowest BCUT2D eigenvalue weighted by atomic mass is 9.92. The largest absolute Gasteiger partial charge is 0.508 e. The third kappa shape index (κ3) is 2.94. The lowest BCUT2D eigenvalue weighted by molar-refractivity contribution is -0.136. The minimum absolute atomic E-state index is 0.0368. The maximum absolute atomic E-state index is 10.9. The minimum Gasteiger partial charge on any atom is -0.508 e. The maximum atomic E-state index is 10.9. The fraction of sp³-hybridized carbons (Fsp3) is 0.188. The quantitative estimate of drug-likeness (QED) is 0.882. The van der Waals surface area contributed by atoms with E-state index in [0.29, 0.717) is 0 Å². The number of aromatic hydroxyl groups is 1. The molecule has 0 radical (unpaired) electrons. The Bertz CT molecular complexity index is 585. The van der Waals surface area contributed by atoms with Gasteiger partial charge in [-0.05, 0) is 40.8 Å². The Morgan fingerprint density at radius 1 is 1.11 bits per heavy atom. The van der Waals surface area contributed by atoms with Gasteiger partial charge < -0.3 is 10.2 Å². The lowest BCUT2D eigenvalue weighted by Crippen LogP contribution is -2.04. The SMILES string of the molecule is CCc1c(CC(=O)O)cccc1-c1ccc(O)cc1. The summed E-state index contributed by atoms with van der Waals surface area (Å²) in [5.41, 5.74) is 3.92. The van der Waals surface area contributed by atoms with Crippen LogP contribution in [0.5, 0.6) is 5.75 Å². The third-order valence-electron chi connectivity index (χ3n) is 3.15. The monoisotopic (exact) mass is 256 g/mol. The Balaban J connectivity index is 2.50. The highest BCUT2D eigenvalue weighted by atomic mass is 16.4. The van der Waals surface area contributed by atoms with E-state index in [-0.39, 0.29) is 12.2 Å². The van der Waals surface area contributed by atoms with Crippen molar-refractivity contribution in [3.05, 3.63) is 53.6 Å². The van der Waals surface area contributed by atoms with Gasteiger partial charge in [0, 0.05) is 0 Å². The summed E-state index contributed by atoms with van der Waals surface area (Å²) in [5, 5.41) is 18.3. The number of carbonyl (C=O) groups is 1. The van der Waals surface area contributed by atoms with Gasteiger partial charge in [-0.3, -0.25) is 4.79 Å². The Kier molecular flexibility index (Phi) is 3.85. The van der Waals surface area contributed by atoms with Gasteiger partial charge in [-0.1, -0.05) is 37.3 Å². The summed E-state index contributed by atoms with van der Waals surface area (Å²) < 4.78 is 0. The summed E-state index contributed by atoms with van der Waals surface area (Å²) in [6.45, 7) is 2.02. The van der Waals surface area contributed by atoms with Crippen molar-refractivity contribution in [2.24, 2.45) is 0 Å². The van der Waals surface area contributed by atoms with Crippen LogP contribution < -0.4 is 0 Å². The van der Waals surface area contributed by atoms with Crippen LogP contribution in [0, 0.1) is 0 Å². The van der Waals surface area contributed by atoms with E-state index in [1.165, 1.54) is 0 Å². The molecular weight excluding hydrogens is 240 g/mol. The second kappa shape index (κ2) is 5.57. The van der Waals surface area contributed by atoms with Crippen LogP contribution in [-0.4, -0.2) is 16.2 Å². The molecule has 3 heteroatoms. The molecule has 0 saturated carbocycles. The van der Waals surface area contributed by atoms with Crippen LogP contribution in [0.1, 0.15) is 18.1 Å². The van der Waals surface area contributed by atoms with Gasteiger partial charge >= 0.3 is 5.97 Å². The first-order valence-corrected chi connectivity index (χ1v) is 6.23. The summed E-state index contributed by atoms with van der Waals surface area (Å²) in [4.78, 5) is 10.9. The molecule has 0 atom stereocenters. The zero-order valence-electron chi connectivity index (χ0n) is 10.8. The number of hydrogen-bond donors (Lipinski definition) is 2. The van der Waals surface area contributed by atoms with Gasteiger partial charge in [-0.15, -0.1) is 0 Å². The van der Waals surface area contributed by atoms with Gasteiger partial charge in [0.1, 0.15) is 5.75 Å². The molecule has 0 spiro atoms. The molecule has 3 nitrogen and oxygen atoms in total. The molecule has 0 bridgehead atoms. The van der Waals surface area contributed by atoms with Crippen LogP contribution in [0.3, 0.4) is 0 Å². The summed E-state index contributed by atoms with van der Waals surface area (Å²) in [5.74, 6) is -0.596. The molecular formula is C16H16O3. The molecule has 0 aliphatic carbocycles. The van der Waals surface area contributed by atoms with E-state index in [4.69, 9.17) is 5.11 Å². The molecule has 98 valence electrons. The summed E-state index contributed by atoms with van der Waals surface area (Å²) >= 11 is 0. The van der Waals surface area contributed by atoms with Crippen LogP contribution in [0.2, 0.25) is 0 Å². The highest BCUT2D eigenvalue weighted by molar-refractivity contribution is 5.75. The van der Waals surface area contributed by atoms with Gasteiger partial charge in [0.05, 0.1) is 6.42 Å². The maximum Gasteiger partial charge on any atom is 0.307 e. The van der Waals surface area contributed by atoms with E-state index in [1.54, 1.807) is 12.1 Å². The summed E-state index contributed by atoms with van der Waals surface area (Å²) in [7, 11) is 0. The van der Waals surface area contributed by atoms with Crippen molar-refractivity contribution in [3.8, 4) is 16.9 Å². The predicted molar refractivity (Wildman–Crippen MR) is 74.3 cm³/mol. The van der Waals surface area contributed by atoms with Crippen LogP contribution in [0.25, 0.3) is 11.1 Å². The minimum atomic E-state index is -0.822. The molecule has 0 unspecified atom stereocenters. The molecule has 2 N–H and O–H groups in total. The molecule has 19 heavy (non-hydrogen) atoms. The Morgan fingerprint density at radius 2 is 1.79 bits per heavy atom. The van der Waals surface area contributed by atoms with E-state index in [1.807, 2.05) is 37.3 Å². The van der Waals surface area contributed by atoms with Crippen LogP contribution in [0.15, 0.2) is 42.5 Å². The van der Waals surface area contributed by atoms with Gasteiger partial charge in [-0.2, -0.15) is 0 Å². The van der Waals surface area contributed by atoms with E-state index in [2.05, 4.69) is 0 Å². The Labute approximate surface area is 112 Å². The second-order valence-electron chi connectivity index (χ2n) is 4.41. The topological polar surface area (TPSA) is 57.5 Å². The number of carboxylic acids is 1. The standard InChI is InChI=1S/C16H16O3/c1-2-14-12(10-16(18)19)4-3-5-15(14)11-6-8-13(17)9-7-11/h3-9,17H,2,10H2,1H3,(H,18,19). The third-order valence-corrected chi connectivity index (χ3v) is 3.15. The number of benzene rings is 2. The molecule has 0 aliphatic heterocycles. The number of phenols is 1. The first-order chi connectivity index (χ1) is 9.11. The van der Waals surface area contributed by atoms with Crippen LogP contribution in [-0.2, 0) is 17.6 Å². The molecule has 0 fully saturated rings. The summed E-state index contributed by atoms with van der Waals surface area (Å²) in [6, 6.07) is 12.7. The number of phenolic OH excluding ortho intramolecular Hbond substituents is 1. The van der Waals surface area contributed by atoms with Crippen molar-refractivity contribution < 1.29 is 15.0 Å². The predicted octanol–water partition coefficient (Wildman–Crippen LogP) is 3.25. The summed E-state index contributed by atoms with van der Waals surface area (Å²) in [6.07, 6.45) is 0.814. The average molecular weight is 256 g/mol. The normalized spacial score (nSPS) is 10.4. The van der Waals surface area contributed by atoms with E-state index >= 15 is 0 Å². The lowest BCUT2D eigenvalue weighted by Gasteiger charge is -2.12. The first-order valence-electron chi connectivity index (χ1n) is 6.23. The number of hydrogen-bond acceptors (Lipinski definition) is 2.